The van der Waals surface area contributed by atoms with Crippen molar-refractivity contribution in [3.8, 4) is 5.75 Å². The van der Waals surface area contributed by atoms with Gasteiger partial charge in [0.1, 0.15) is 5.75 Å². The maximum atomic E-state index is 12.6. The molecule has 1 aliphatic rings. The van der Waals surface area contributed by atoms with Crippen LogP contribution in [0.15, 0.2) is 29.2 Å². The van der Waals surface area contributed by atoms with Crippen LogP contribution < -0.4 is 10.1 Å². The van der Waals surface area contributed by atoms with E-state index in [4.69, 9.17) is 4.74 Å². The Morgan fingerprint density at radius 2 is 2.18 bits per heavy atom. The van der Waals surface area contributed by atoms with Crippen LogP contribution in [0.2, 0.25) is 0 Å². The molecule has 2 unspecified atom stereocenters. The van der Waals surface area contributed by atoms with Gasteiger partial charge in [-0.2, -0.15) is 0 Å². The fourth-order valence-corrected chi connectivity index (χ4v) is 3.29. The number of hydrogen-bond donors (Lipinski definition) is 1. The molecule has 2 atom stereocenters. The summed E-state index contributed by atoms with van der Waals surface area (Å²) in [6, 6.07) is 7.88. The predicted octanol–water partition coefficient (Wildman–Crippen LogP) is 2.63. The quantitative estimate of drug-likeness (QED) is 0.818. The molecule has 0 spiro atoms. The van der Waals surface area contributed by atoms with Gasteiger partial charge in [-0.05, 0) is 69.8 Å². The molecule has 2 rings (SSSR count). The van der Waals surface area contributed by atoms with Crippen LogP contribution in [0.4, 0.5) is 0 Å². The van der Waals surface area contributed by atoms with Crippen LogP contribution >= 0.6 is 11.8 Å². The van der Waals surface area contributed by atoms with Crippen molar-refractivity contribution in [2.45, 2.75) is 30.8 Å². The van der Waals surface area contributed by atoms with Crippen LogP contribution in [0.3, 0.4) is 0 Å². The minimum Gasteiger partial charge on any atom is -0.481 e. The zero-order valence-electron chi connectivity index (χ0n) is 13.7. The van der Waals surface area contributed by atoms with Gasteiger partial charge in [-0.15, -0.1) is 11.8 Å². The summed E-state index contributed by atoms with van der Waals surface area (Å²) in [6.07, 6.45) is 3.87. The third-order valence-electron chi connectivity index (χ3n) is 4.04. The average Bonchev–Trinajstić information content (AvgIpc) is 2.55. The molecule has 0 saturated carbocycles. The van der Waals surface area contributed by atoms with E-state index in [0.29, 0.717) is 5.92 Å². The molecule has 1 saturated heterocycles. The summed E-state index contributed by atoms with van der Waals surface area (Å²) in [7, 11) is 1.96. The Hall–Kier alpha value is -1.20. The number of ether oxygens (including phenoxy) is 1. The summed E-state index contributed by atoms with van der Waals surface area (Å²) in [6.45, 7) is 4.48. The Kier molecular flexibility index (Phi) is 6.58. The molecular formula is C17H26N2O2S. The Labute approximate surface area is 137 Å². The molecule has 0 aromatic heterocycles. The van der Waals surface area contributed by atoms with Crippen LogP contribution in [0, 0.1) is 5.92 Å². The molecule has 122 valence electrons. The minimum absolute atomic E-state index is 0.0924. The normalized spacial score (nSPS) is 19.8. The summed E-state index contributed by atoms with van der Waals surface area (Å²) < 4.78 is 5.81. The highest BCUT2D eigenvalue weighted by Gasteiger charge is 2.27. The highest BCUT2D eigenvalue weighted by Crippen LogP contribution is 2.21. The number of amides is 1. The second-order valence-electron chi connectivity index (χ2n) is 5.79. The zero-order valence-corrected chi connectivity index (χ0v) is 14.5. The number of carbonyl (C=O) groups is 1. The van der Waals surface area contributed by atoms with Gasteiger partial charge in [-0.25, -0.2) is 0 Å². The SMILES string of the molecule is CNCC1CCCN(C(=O)C(C)Oc2ccc(SC)cc2)C1. The van der Waals surface area contributed by atoms with Crippen LogP contribution in [-0.4, -0.2) is 49.8 Å². The molecule has 1 fully saturated rings. The van der Waals surface area contributed by atoms with E-state index < -0.39 is 6.10 Å². The number of piperidine rings is 1. The van der Waals surface area contributed by atoms with Crippen molar-refractivity contribution >= 4 is 17.7 Å². The predicted molar refractivity (Wildman–Crippen MR) is 91.5 cm³/mol. The summed E-state index contributed by atoms with van der Waals surface area (Å²) >= 11 is 1.69. The van der Waals surface area contributed by atoms with E-state index in [2.05, 4.69) is 5.32 Å². The molecule has 1 aromatic carbocycles. The average molecular weight is 322 g/mol. The van der Waals surface area contributed by atoms with E-state index in [1.165, 1.54) is 11.3 Å². The topological polar surface area (TPSA) is 41.6 Å². The van der Waals surface area contributed by atoms with Crippen LogP contribution in [-0.2, 0) is 4.79 Å². The summed E-state index contributed by atoms with van der Waals surface area (Å²) in [5.74, 6) is 1.40. The van der Waals surface area contributed by atoms with E-state index in [9.17, 15) is 4.79 Å². The van der Waals surface area contributed by atoms with Gasteiger partial charge < -0.3 is 15.0 Å². The molecule has 0 bridgehead atoms. The van der Waals surface area contributed by atoms with Crippen molar-refractivity contribution in [1.82, 2.24) is 10.2 Å². The smallest absolute Gasteiger partial charge is 0.263 e. The van der Waals surface area contributed by atoms with Crippen LogP contribution in [0.5, 0.6) is 5.75 Å². The maximum Gasteiger partial charge on any atom is 0.263 e. The number of nitrogens with zero attached hydrogens (tertiary/aromatic N) is 1. The lowest BCUT2D eigenvalue weighted by Gasteiger charge is -2.34. The van der Waals surface area contributed by atoms with Gasteiger partial charge in [-0.3, -0.25) is 4.79 Å². The molecule has 1 heterocycles. The fourth-order valence-electron chi connectivity index (χ4n) is 2.89. The molecule has 5 heteroatoms. The highest BCUT2D eigenvalue weighted by molar-refractivity contribution is 7.98. The summed E-state index contributed by atoms with van der Waals surface area (Å²) in [4.78, 5) is 15.7. The molecule has 0 aliphatic carbocycles. The van der Waals surface area contributed by atoms with Crippen LogP contribution in [0.1, 0.15) is 19.8 Å². The largest absolute Gasteiger partial charge is 0.481 e. The summed E-state index contributed by atoms with van der Waals surface area (Å²) in [5.41, 5.74) is 0. The Morgan fingerprint density at radius 1 is 1.45 bits per heavy atom. The number of carbonyl (C=O) groups excluding carboxylic acids is 1. The molecule has 1 amide bonds. The van der Waals surface area contributed by atoms with Crippen molar-refractivity contribution in [3.05, 3.63) is 24.3 Å². The maximum absolute atomic E-state index is 12.6. The number of thioether (sulfide) groups is 1. The number of nitrogens with one attached hydrogen (secondary N) is 1. The Balaban J connectivity index is 1.90. The lowest BCUT2D eigenvalue weighted by atomic mass is 9.97. The van der Waals surface area contributed by atoms with Gasteiger partial charge in [0, 0.05) is 18.0 Å². The van der Waals surface area contributed by atoms with E-state index >= 15 is 0 Å². The molecule has 1 aliphatic heterocycles. The van der Waals surface area contributed by atoms with E-state index in [1.807, 2.05) is 49.4 Å². The Bertz CT molecular complexity index is 476. The highest BCUT2D eigenvalue weighted by atomic mass is 32.2. The first-order valence-electron chi connectivity index (χ1n) is 7.88. The van der Waals surface area contributed by atoms with Crippen molar-refractivity contribution < 1.29 is 9.53 Å². The third-order valence-corrected chi connectivity index (χ3v) is 4.79. The van der Waals surface area contributed by atoms with E-state index in [-0.39, 0.29) is 5.91 Å². The minimum atomic E-state index is -0.437. The van der Waals surface area contributed by atoms with E-state index in [0.717, 1.165) is 31.8 Å². The van der Waals surface area contributed by atoms with Crippen molar-refractivity contribution in [1.29, 1.82) is 0 Å². The van der Waals surface area contributed by atoms with Crippen molar-refractivity contribution in [3.63, 3.8) is 0 Å². The zero-order chi connectivity index (χ0) is 15.9. The monoisotopic (exact) mass is 322 g/mol. The summed E-state index contributed by atoms with van der Waals surface area (Å²) in [5, 5.41) is 3.21. The fraction of sp³-hybridized carbons (Fsp3) is 0.588. The van der Waals surface area contributed by atoms with Gasteiger partial charge in [0.25, 0.3) is 5.91 Å². The Morgan fingerprint density at radius 3 is 2.82 bits per heavy atom. The number of hydrogen-bond acceptors (Lipinski definition) is 4. The standard InChI is InChI=1S/C17H26N2O2S/c1-13(21-15-6-8-16(22-3)9-7-15)17(20)19-10-4-5-14(12-19)11-18-2/h6-9,13-14,18H,4-5,10-12H2,1-3H3. The van der Waals surface area contributed by atoms with Gasteiger partial charge >= 0.3 is 0 Å². The van der Waals surface area contributed by atoms with Crippen LogP contribution in [0.25, 0.3) is 0 Å². The second kappa shape index (κ2) is 8.44. The molecule has 1 aromatic rings. The van der Waals surface area contributed by atoms with E-state index in [1.54, 1.807) is 11.8 Å². The molecule has 4 nitrogen and oxygen atoms in total. The lowest BCUT2D eigenvalue weighted by molar-refractivity contribution is -0.139. The van der Waals surface area contributed by atoms with Crippen molar-refractivity contribution in [2.24, 2.45) is 5.92 Å². The first kappa shape index (κ1) is 17.2. The van der Waals surface area contributed by atoms with Gasteiger partial charge in [0.15, 0.2) is 6.10 Å². The van der Waals surface area contributed by atoms with Gasteiger partial charge in [-0.1, -0.05) is 0 Å². The van der Waals surface area contributed by atoms with Gasteiger partial charge in [0.2, 0.25) is 0 Å². The number of likely N-dealkylation sites (tertiary alicyclic amines) is 1. The second-order valence-corrected chi connectivity index (χ2v) is 6.67. The first-order chi connectivity index (χ1) is 10.6. The first-order valence-corrected chi connectivity index (χ1v) is 9.10. The van der Waals surface area contributed by atoms with Gasteiger partial charge in [0.05, 0.1) is 0 Å². The molecule has 1 N–H and O–H groups in total. The number of rotatable bonds is 6. The lowest BCUT2D eigenvalue weighted by Crippen LogP contribution is -2.47. The third kappa shape index (κ3) is 4.65. The molecule has 22 heavy (non-hydrogen) atoms. The molecular weight excluding hydrogens is 296 g/mol. The number of benzene rings is 1. The van der Waals surface area contributed by atoms with Crippen molar-refractivity contribution in [2.75, 3.05) is 32.9 Å². The molecule has 0 radical (unpaired) electrons.